The Balaban J connectivity index is 1.30. The number of hydrogen-bond donors (Lipinski definition) is 3. The molecule has 6 nitrogen and oxygen atoms in total. The van der Waals surface area contributed by atoms with Crippen molar-refractivity contribution in [3.63, 3.8) is 0 Å². The Kier molecular flexibility index (Phi) is 9.80. The van der Waals surface area contributed by atoms with E-state index in [9.17, 15) is 14.4 Å². The third-order valence-electron chi connectivity index (χ3n) is 6.38. The summed E-state index contributed by atoms with van der Waals surface area (Å²) in [4.78, 5) is 39.7. The largest absolute Gasteiger partial charge is 0.325 e. The molecule has 0 atom stereocenters. The topological polar surface area (TPSA) is 87.3 Å². The summed E-state index contributed by atoms with van der Waals surface area (Å²) >= 11 is 1.36. The van der Waals surface area contributed by atoms with Gasteiger partial charge in [0.1, 0.15) is 5.70 Å². The summed E-state index contributed by atoms with van der Waals surface area (Å²) in [6.45, 7) is 0. The van der Waals surface area contributed by atoms with E-state index in [2.05, 4.69) is 16.0 Å². The lowest BCUT2D eigenvalue weighted by molar-refractivity contribution is -0.114. The highest BCUT2D eigenvalue weighted by atomic mass is 32.2. The number of para-hydroxylation sites is 1. The zero-order chi connectivity index (χ0) is 29.9. The number of hydrogen-bond acceptors (Lipinski definition) is 4. The molecular weight excluding hydrogens is 554 g/mol. The molecule has 5 rings (SSSR count). The molecule has 0 aliphatic carbocycles. The Morgan fingerprint density at radius 3 is 1.91 bits per heavy atom. The van der Waals surface area contributed by atoms with Gasteiger partial charge in [-0.3, -0.25) is 14.4 Å². The molecule has 212 valence electrons. The van der Waals surface area contributed by atoms with Crippen LogP contribution in [0.1, 0.15) is 15.9 Å². The summed E-state index contributed by atoms with van der Waals surface area (Å²) in [6.07, 6.45) is 1.65. The third kappa shape index (κ3) is 8.55. The van der Waals surface area contributed by atoms with Crippen molar-refractivity contribution in [1.82, 2.24) is 5.32 Å². The summed E-state index contributed by atoms with van der Waals surface area (Å²) in [6, 6.07) is 43.0. The summed E-state index contributed by atoms with van der Waals surface area (Å²) in [5.74, 6) is -0.779. The highest BCUT2D eigenvalue weighted by Gasteiger charge is 2.16. The maximum atomic E-state index is 13.5. The quantitative estimate of drug-likeness (QED) is 0.117. The van der Waals surface area contributed by atoms with Gasteiger partial charge >= 0.3 is 0 Å². The maximum absolute atomic E-state index is 13.5. The zero-order valence-electron chi connectivity index (χ0n) is 23.2. The molecule has 7 heteroatoms. The number of anilines is 2. The minimum Gasteiger partial charge on any atom is -0.325 e. The average Bonchev–Trinajstić information content (AvgIpc) is 3.05. The molecule has 0 aromatic heterocycles. The first kappa shape index (κ1) is 29.1. The van der Waals surface area contributed by atoms with Gasteiger partial charge in [-0.05, 0) is 65.2 Å². The Morgan fingerprint density at radius 2 is 1.21 bits per heavy atom. The fourth-order valence-corrected chi connectivity index (χ4v) is 5.00. The molecule has 0 bridgehead atoms. The van der Waals surface area contributed by atoms with E-state index in [1.807, 2.05) is 97.1 Å². The van der Waals surface area contributed by atoms with Crippen molar-refractivity contribution in [2.24, 2.45) is 0 Å². The Morgan fingerprint density at radius 1 is 0.605 bits per heavy atom. The molecule has 0 unspecified atom stereocenters. The summed E-state index contributed by atoms with van der Waals surface area (Å²) in [7, 11) is 0. The van der Waals surface area contributed by atoms with E-state index in [0.29, 0.717) is 11.3 Å². The van der Waals surface area contributed by atoms with E-state index in [0.717, 1.165) is 27.3 Å². The Bertz CT molecular complexity index is 1720. The maximum Gasteiger partial charge on any atom is 0.272 e. The van der Waals surface area contributed by atoms with Crippen molar-refractivity contribution in [2.45, 2.75) is 4.90 Å². The monoisotopic (exact) mass is 583 g/mol. The van der Waals surface area contributed by atoms with Gasteiger partial charge < -0.3 is 16.0 Å². The average molecular weight is 584 g/mol. The first-order valence-corrected chi connectivity index (χ1v) is 14.6. The standard InChI is InChI=1S/C36H29N3O3S/c40-34(37-30-15-8-3-9-16-30)25-43-32-18-10-17-31(24-32)38-36(42)33(39-35(41)29-13-6-2-7-14-29)23-26-19-21-28(22-20-26)27-11-4-1-5-12-27/h1-24H,25H2,(H,37,40)(H,38,42)(H,39,41)/b33-23+. The molecule has 0 radical (unpaired) electrons. The molecule has 0 fully saturated rings. The van der Waals surface area contributed by atoms with E-state index in [1.165, 1.54) is 11.8 Å². The van der Waals surface area contributed by atoms with Crippen molar-refractivity contribution in [3.05, 3.63) is 156 Å². The highest BCUT2D eigenvalue weighted by molar-refractivity contribution is 8.00. The van der Waals surface area contributed by atoms with Gasteiger partial charge in [0.05, 0.1) is 5.75 Å². The van der Waals surface area contributed by atoms with Crippen LogP contribution >= 0.6 is 11.8 Å². The van der Waals surface area contributed by atoms with Gasteiger partial charge in [-0.25, -0.2) is 0 Å². The van der Waals surface area contributed by atoms with E-state index in [1.54, 1.807) is 48.5 Å². The molecule has 3 N–H and O–H groups in total. The number of rotatable bonds is 10. The van der Waals surface area contributed by atoms with Crippen LogP contribution in [0, 0.1) is 0 Å². The lowest BCUT2D eigenvalue weighted by Crippen LogP contribution is -2.30. The van der Waals surface area contributed by atoms with Gasteiger partial charge in [0.15, 0.2) is 0 Å². The van der Waals surface area contributed by atoms with E-state index in [4.69, 9.17) is 0 Å². The minimum atomic E-state index is -0.472. The number of carbonyl (C=O) groups is 3. The molecule has 0 spiro atoms. The van der Waals surface area contributed by atoms with Gasteiger partial charge in [-0.1, -0.05) is 97.1 Å². The fourth-order valence-electron chi connectivity index (χ4n) is 4.24. The summed E-state index contributed by atoms with van der Waals surface area (Å²) in [5, 5.41) is 8.53. The number of amides is 3. The molecular formula is C36H29N3O3S. The molecule has 0 aliphatic rings. The smallest absolute Gasteiger partial charge is 0.272 e. The van der Waals surface area contributed by atoms with Gasteiger partial charge in [0, 0.05) is 21.8 Å². The Hall–Kier alpha value is -5.40. The lowest BCUT2D eigenvalue weighted by Gasteiger charge is -2.12. The SMILES string of the molecule is O=C(CSc1cccc(NC(=O)/C(=C\c2ccc(-c3ccccc3)cc2)NC(=O)c2ccccc2)c1)Nc1ccccc1. The predicted molar refractivity (Wildman–Crippen MR) is 175 cm³/mol. The van der Waals surface area contributed by atoms with Crippen LogP contribution in [-0.4, -0.2) is 23.5 Å². The van der Waals surface area contributed by atoms with Crippen molar-refractivity contribution in [2.75, 3.05) is 16.4 Å². The lowest BCUT2D eigenvalue weighted by atomic mass is 10.0. The van der Waals surface area contributed by atoms with Crippen LogP contribution in [0.15, 0.2) is 150 Å². The number of benzene rings is 5. The second-order valence-electron chi connectivity index (χ2n) is 9.55. The molecule has 5 aromatic rings. The normalized spacial score (nSPS) is 10.9. The van der Waals surface area contributed by atoms with Crippen LogP contribution in [0.25, 0.3) is 17.2 Å². The number of nitrogens with one attached hydrogen (secondary N) is 3. The molecule has 0 saturated heterocycles. The van der Waals surface area contributed by atoms with Gasteiger partial charge in [0.2, 0.25) is 5.91 Å². The fraction of sp³-hybridized carbons (Fsp3) is 0.0278. The van der Waals surface area contributed by atoms with Gasteiger partial charge in [0.25, 0.3) is 11.8 Å². The highest BCUT2D eigenvalue weighted by Crippen LogP contribution is 2.23. The summed E-state index contributed by atoms with van der Waals surface area (Å²) < 4.78 is 0. The van der Waals surface area contributed by atoms with Crippen molar-refractivity contribution in [3.8, 4) is 11.1 Å². The predicted octanol–water partition coefficient (Wildman–Crippen LogP) is 7.49. The van der Waals surface area contributed by atoms with Gasteiger partial charge in [-0.15, -0.1) is 11.8 Å². The minimum absolute atomic E-state index is 0.0987. The van der Waals surface area contributed by atoms with Crippen LogP contribution in [0.3, 0.4) is 0 Å². The second kappa shape index (κ2) is 14.5. The molecule has 0 heterocycles. The zero-order valence-corrected chi connectivity index (χ0v) is 24.0. The molecule has 0 saturated carbocycles. The van der Waals surface area contributed by atoms with Crippen molar-refractivity contribution < 1.29 is 14.4 Å². The first-order valence-electron chi connectivity index (χ1n) is 13.7. The molecule has 0 aliphatic heterocycles. The van der Waals surface area contributed by atoms with E-state index in [-0.39, 0.29) is 17.4 Å². The molecule has 5 aromatic carbocycles. The van der Waals surface area contributed by atoms with Crippen molar-refractivity contribution in [1.29, 1.82) is 0 Å². The van der Waals surface area contributed by atoms with Crippen LogP contribution in [-0.2, 0) is 9.59 Å². The number of thioether (sulfide) groups is 1. The van der Waals surface area contributed by atoms with Crippen LogP contribution in [0.2, 0.25) is 0 Å². The van der Waals surface area contributed by atoms with Gasteiger partial charge in [-0.2, -0.15) is 0 Å². The molecule has 43 heavy (non-hydrogen) atoms. The Labute approximate surface area is 254 Å². The van der Waals surface area contributed by atoms with E-state index >= 15 is 0 Å². The second-order valence-corrected chi connectivity index (χ2v) is 10.6. The van der Waals surface area contributed by atoms with Crippen LogP contribution in [0.5, 0.6) is 0 Å². The molecule has 3 amide bonds. The van der Waals surface area contributed by atoms with Crippen molar-refractivity contribution >= 4 is 46.9 Å². The van der Waals surface area contributed by atoms with Crippen LogP contribution in [0.4, 0.5) is 11.4 Å². The van der Waals surface area contributed by atoms with Crippen LogP contribution < -0.4 is 16.0 Å². The first-order chi connectivity index (χ1) is 21.0. The summed E-state index contributed by atoms with van der Waals surface area (Å²) in [5.41, 5.74) is 4.70. The number of carbonyl (C=O) groups excluding carboxylic acids is 3. The third-order valence-corrected chi connectivity index (χ3v) is 7.37. The van der Waals surface area contributed by atoms with E-state index < -0.39 is 11.8 Å².